The van der Waals surface area contributed by atoms with Gasteiger partial charge in [-0.1, -0.05) is 19.1 Å². The average molecular weight is 211 g/mol. The van der Waals surface area contributed by atoms with Crippen molar-refractivity contribution in [1.29, 1.82) is 0 Å². The monoisotopic (exact) mass is 211 g/mol. The number of aliphatic hydroxyl groups is 1. The molecular weight excluding hydrogens is 194 g/mol. The molecule has 0 aliphatic rings. The lowest BCUT2D eigenvalue weighted by atomic mass is 10.2. The van der Waals surface area contributed by atoms with Gasteiger partial charge in [0.1, 0.15) is 0 Å². The molecule has 0 saturated heterocycles. The quantitative estimate of drug-likeness (QED) is 0.556. The predicted octanol–water partition coefficient (Wildman–Crippen LogP) is 1.88. The summed E-state index contributed by atoms with van der Waals surface area (Å²) in [5.41, 5.74) is 0.973. The smallest absolute Gasteiger partial charge is 0.0681 e. The molecule has 0 aliphatic carbocycles. The van der Waals surface area contributed by atoms with Gasteiger partial charge in [-0.15, -0.1) is 11.8 Å². The lowest BCUT2D eigenvalue weighted by Crippen LogP contribution is -2.15. The Hall–Kier alpha value is -0.510. The highest BCUT2D eigenvalue weighted by molar-refractivity contribution is 7.99. The van der Waals surface area contributed by atoms with Crippen LogP contribution in [0.3, 0.4) is 0 Å². The first kappa shape index (κ1) is 11.6. The van der Waals surface area contributed by atoms with Crippen molar-refractivity contribution in [3.05, 3.63) is 29.8 Å². The van der Waals surface area contributed by atoms with Crippen LogP contribution in [-0.4, -0.2) is 23.9 Å². The summed E-state index contributed by atoms with van der Waals surface area (Å²) in [6, 6.07) is 8.05. The van der Waals surface area contributed by atoms with Gasteiger partial charge in [-0.25, -0.2) is 0 Å². The lowest BCUT2D eigenvalue weighted by molar-refractivity contribution is 0.282. The van der Waals surface area contributed by atoms with Gasteiger partial charge in [0.2, 0.25) is 0 Å². The van der Waals surface area contributed by atoms with E-state index in [4.69, 9.17) is 5.11 Å². The van der Waals surface area contributed by atoms with Crippen molar-refractivity contribution >= 4 is 11.8 Å². The van der Waals surface area contributed by atoms with Gasteiger partial charge in [0, 0.05) is 17.2 Å². The molecular formula is C11H17NOS. The van der Waals surface area contributed by atoms with E-state index in [1.54, 1.807) is 0 Å². The molecule has 0 unspecified atom stereocenters. The molecule has 1 aromatic rings. The average Bonchev–Trinajstić information content (AvgIpc) is 2.25. The summed E-state index contributed by atoms with van der Waals surface area (Å²) in [4.78, 5) is 1.26. The maximum absolute atomic E-state index is 8.86. The summed E-state index contributed by atoms with van der Waals surface area (Å²) in [6.07, 6.45) is 0. The summed E-state index contributed by atoms with van der Waals surface area (Å²) in [5.74, 6) is 1.09. The Labute approximate surface area is 89.7 Å². The first-order valence-electron chi connectivity index (χ1n) is 4.90. The van der Waals surface area contributed by atoms with Crippen molar-refractivity contribution in [3.63, 3.8) is 0 Å². The molecule has 3 heteroatoms. The maximum Gasteiger partial charge on any atom is 0.0681 e. The fraction of sp³-hybridized carbons (Fsp3) is 0.455. The van der Waals surface area contributed by atoms with Crippen molar-refractivity contribution in [3.8, 4) is 0 Å². The van der Waals surface area contributed by atoms with Crippen LogP contribution in [0.5, 0.6) is 0 Å². The zero-order chi connectivity index (χ0) is 10.2. The summed E-state index contributed by atoms with van der Waals surface area (Å²) >= 11 is 1.84. The first-order valence-corrected chi connectivity index (χ1v) is 5.88. The van der Waals surface area contributed by atoms with Gasteiger partial charge >= 0.3 is 0 Å². The summed E-state index contributed by atoms with van der Waals surface area (Å²) in [5, 5.41) is 12.1. The molecule has 2 nitrogen and oxygen atoms in total. The predicted molar refractivity (Wildman–Crippen MR) is 61.6 cm³/mol. The normalized spacial score (nSPS) is 10.4. The van der Waals surface area contributed by atoms with Crippen molar-refractivity contribution in [2.24, 2.45) is 0 Å². The van der Waals surface area contributed by atoms with Gasteiger partial charge < -0.3 is 10.4 Å². The molecule has 1 aromatic carbocycles. The zero-order valence-corrected chi connectivity index (χ0v) is 9.31. The minimum atomic E-state index is 0.127. The third-order valence-corrected chi connectivity index (χ3v) is 2.92. The zero-order valence-electron chi connectivity index (χ0n) is 8.49. The summed E-state index contributed by atoms with van der Waals surface area (Å²) in [6.45, 7) is 4.32. The van der Waals surface area contributed by atoms with Crippen LogP contribution < -0.4 is 5.32 Å². The molecule has 0 bridgehead atoms. The van der Waals surface area contributed by atoms with Crippen molar-refractivity contribution in [1.82, 2.24) is 5.32 Å². The van der Waals surface area contributed by atoms with Crippen molar-refractivity contribution < 1.29 is 5.11 Å². The van der Waals surface area contributed by atoms with E-state index in [1.165, 1.54) is 4.90 Å². The second-order valence-electron chi connectivity index (χ2n) is 3.00. The molecule has 0 aliphatic heterocycles. The molecule has 0 heterocycles. The number of benzene rings is 1. The SMILES string of the molecule is CCNCCSc1ccc(CO)cc1. The Kier molecular flexibility index (Phi) is 5.68. The Morgan fingerprint density at radius 1 is 1.29 bits per heavy atom. The number of thioether (sulfide) groups is 1. The topological polar surface area (TPSA) is 32.3 Å². The lowest BCUT2D eigenvalue weighted by Gasteiger charge is -2.03. The van der Waals surface area contributed by atoms with E-state index in [2.05, 4.69) is 24.4 Å². The fourth-order valence-corrected chi connectivity index (χ4v) is 1.92. The maximum atomic E-state index is 8.86. The van der Waals surface area contributed by atoms with Crippen LogP contribution in [0.4, 0.5) is 0 Å². The van der Waals surface area contributed by atoms with E-state index < -0.39 is 0 Å². The van der Waals surface area contributed by atoms with Gasteiger partial charge in [-0.2, -0.15) is 0 Å². The molecule has 0 atom stereocenters. The van der Waals surface area contributed by atoms with E-state index in [0.29, 0.717) is 0 Å². The van der Waals surface area contributed by atoms with Gasteiger partial charge in [0.25, 0.3) is 0 Å². The van der Waals surface area contributed by atoms with E-state index in [1.807, 2.05) is 23.9 Å². The molecule has 2 N–H and O–H groups in total. The third-order valence-electron chi connectivity index (χ3n) is 1.90. The minimum Gasteiger partial charge on any atom is -0.392 e. The molecule has 0 saturated carbocycles. The number of rotatable bonds is 6. The Bertz CT molecular complexity index is 248. The van der Waals surface area contributed by atoms with Crippen LogP contribution in [0.15, 0.2) is 29.2 Å². The highest BCUT2D eigenvalue weighted by Crippen LogP contribution is 2.17. The van der Waals surface area contributed by atoms with E-state index >= 15 is 0 Å². The van der Waals surface area contributed by atoms with E-state index in [-0.39, 0.29) is 6.61 Å². The Morgan fingerprint density at radius 2 is 2.00 bits per heavy atom. The van der Waals surface area contributed by atoms with Crippen LogP contribution in [0.25, 0.3) is 0 Å². The highest BCUT2D eigenvalue weighted by Gasteiger charge is 1.94. The number of hydrogen-bond acceptors (Lipinski definition) is 3. The number of aliphatic hydroxyl groups excluding tert-OH is 1. The summed E-state index contributed by atoms with van der Waals surface area (Å²) in [7, 11) is 0. The van der Waals surface area contributed by atoms with Crippen LogP contribution >= 0.6 is 11.8 Å². The van der Waals surface area contributed by atoms with Crippen LogP contribution in [0, 0.1) is 0 Å². The largest absolute Gasteiger partial charge is 0.392 e. The van der Waals surface area contributed by atoms with Gasteiger partial charge in [0.15, 0.2) is 0 Å². The Balaban J connectivity index is 2.29. The first-order chi connectivity index (χ1) is 6.86. The van der Waals surface area contributed by atoms with E-state index in [9.17, 15) is 0 Å². The standard InChI is InChI=1S/C11H17NOS/c1-2-12-7-8-14-11-5-3-10(9-13)4-6-11/h3-6,12-13H,2,7-9H2,1H3. The molecule has 0 amide bonds. The number of nitrogens with one attached hydrogen (secondary N) is 1. The van der Waals surface area contributed by atoms with Gasteiger partial charge in [-0.05, 0) is 24.2 Å². The Morgan fingerprint density at radius 3 is 2.57 bits per heavy atom. The molecule has 0 radical (unpaired) electrons. The highest BCUT2D eigenvalue weighted by atomic mass is 32.2. The molecule has 0 spiro atoms. The molecule has 0 fully saturated rings. The molecule has 78 valence electrons. The number of hydrogen-bond donors (Lipinski definition) is 2. The third kappa shape index (κ3) is 4.13. The van der Waals surface area contributed by atoms with Gasteiger partial charge in [0.05, 0.1) is 6.61 Å². The minimum absolute atomic E-state index is 0.127. The second-order valence-corrected chi connectivity index (χ2v) is 4.17. The van der Waals surface area contributed by atoms with Crippen molar-refractivity contribution in [2.45, 2.75) is 18.4 Å². The van der Waals surface area contributed by atoms with Crippen LogP contribution in [0.2, 0.25) is 0 Å². The molecule has 1 rings (SSSR count). The van der Waals surface area contributed by atoms with Gasteiger partial charge in [-0.3, -0.25) is 0 Å². The summed E-state index contributed by atoms with van der Waals surface area (Å²) < 4.78 is 0. The van der Waals surface area contributed by atoms with Crippen LogP contribution in [0.1, 0.15) is 12.5 Å². The molecule has 14 heavy (non-hydrogen) atoms. The van der Waals surface area contributed by atoms with Crippen LogP contribution in [-0.2, 0) is 6.61 Å². The fourth-order valence-electron chi connectivity index (χ4n) is 1.11. The van der Waals surface area contributed by atoms with E-state index in [0.717, 1.165) is 24.4 Å². The molecule has 0 aromatic heterocycles. The second kappa shape index (κ2) is 6.87. The van der Waals surface area contributed by atoms with Crippen molar-refractivity contribution in [2.75, 3.05) is 18.8 Å².